The summed E-state index contributed by atoms with van der Waals surface area (Å²) in [6.07, 6.45) is 1.07. The molecule has 3 aromatic carbocycles. The third kappa shape index (κ3) is 11.3. The van der Waals surface area contributed by atoms with Gasteiger partial charge in [-0.2, -0.15) is 5.26 Å². The maximum absolute atomic E-state index is 14.8. The van der Waals surface area contributed by atoms with Crippen molar-refractivity contribution < 1.29 is 38.2 Å². The van der Waals surface area contributed by atoms with Gasteiger partial charge in [-0.15, -0.1) is 0 Å². The second-order valence-electron chi connectivity index (χ2n) is 17.4. The standard InChI is InChI=1S/C50H60N8O8/c1-30-22-43(61)46(58(4)49(63)35(15-17-52)26-42(60)39-27-55-47(56-31(39)2)33-8-11-36(12-9-33)50(3)28-64-29-50)34-10-14-45(66-21-19-54)38(25-34)37-23-32(7-13-44(37)65-20-18-53)24-40(57-48(30)62)41(59)6-5-16-51/h7-14,23,25,27,30,35,40,46H,5-6,15,17-22,24,26,28-29,52-54H2,1-4H3,(H,57,62)/t30-,35-,40+,46+/m1/s1. The minimum absolute atomic E-state index is 0.0264. The molecule has 7 N–H and O–H groups in total. The molecule has 348 valence electrons. The number of likely N-dealkylation sites (N-methyl/N-ethyl adjacent to an activating group) is 1. The molecule has 6 rings (SSSR count). The van der Waals surface area contributed by atoms with Crippen molar-refractivity contribution in [1.82, 2.24) is 20.2 Å². The molecule has 0 spiro atoms. The molecule has 2 aliphatic heterocycles. The summed E-state index contributed by atoms with van der Waals surface area (Å²) in [5.41, 5.74) is 22.5. The summed E-state index contributed by atoms with van der Waals surface area (Å²) in [5.74, 6) is -2.75. The van der Waals surface area contributed by atoms with Gasteiger partial charge in [0.1, 0.15) is 30.8 Å². The summed E-state index contributed by atoms with van der Waals surface area (Å²) in [6.45, 7) is 7.62. The number of fused-ring (bicyclic) bond motifs is 5. The Kier molecular flexibility index (Phi) is 16.5. The Balaban J connectivity index is 1.36. The third-order valence-electron chi connectivity index (χ3n) is 12.3. The summed E-state index contributed by atoms with van der Waals surface area (Å²) in [4.78, 5) is 81.3. The van der Waals surface area contributed by atoms with Crippen LogP contribution in [0, 0.1) is 30.1 Å². The summed E-state index contributed by atoms with van der Waals surface area (Å²) >= 11 is 0. The molecule has 16 nitrogen and oxygen atoms in total. The molecule has 0 radical (unpaired) electrons. The van der Waals surface area contributed by atoms with Crippen LogP contribution in [-0.4, -0.2) is 103 Å². The molecule has 4 atom stereocenters. The van der Waals surface area contributed by atoms with Crippen LogP contribution >= 0.6 is 0 Å². The average Bonchev–Trinajstić information content (AvgIpc) is 3.30. The largest absolute Gasteiger partial charge is 0.492 e. The van der Waals surface area contributed by atoms with Gasteiger partial charge in [0.05, 0.1) is 36.6 Å². The number of aryl methyl sites for hydroxylation is 1. The zero-order valence-electron chi connectivity index (χ0n) is 38.1. The zero-order valence-corrected chi connectivity index (χ0v) is 38.1. The quantitative estimate of drug-likeness (QED) is 0.102. The number of hydrogen-bond acceptors (Lipinski definition) is 14. The number of ether oxygens (including phenoxy) is 3. The van der Waals surface area contributed by atoms with Crippen LogP contribution in [0.2, 0.25) is 0 Å². The van der Waals surface area contributed by atoms with Crippen molar-refractivity contribution >= 4 is 29.2 Å². The predicted molar refractivity (Wildman–Crippen MR) is 247 cm³/mol. The predicted octanol–water partition coefficient (Wildman–Crippen LogP) is 4.33. The molecule has 0 unspecified atom stereocenters. The molecule has 3 heterocycles. The summed E-state index contributed by atoms with van der Waals surface area (Å²) in [7, 11) is 1.50. The zero-order chi connectivity index (χ0) is 47.5. The van der Waals surface area contributed by atoms with E-state index in [4.69, 9.17) is 31.4 Å². The van der Waals surface area contributed by atoms with E-state index in [-0.39, 0.29) is 93.9 Å². The Bertz CT molecular complexity index is 2470. The van der Waals surface area contributed by atoms with E-state index in [0.29, 0.717) is 58.5 Å². The maximum Gasteiger partial charge on any atom is 0.226 e. The van der Waals surface area contributed by atoms with Crippen molar-refractivity contribution in [3.8, 4) is 40.1 Å². The molecule has 66 heavy (non-hydrogen) atoms. The van der Waals surface area contributed by atoms with E-state index in [1.165, 1.54) is 18.1 Å². The molecule has 1 saturated heterocycles. The van der Waals surface area contributed by atoms with E-state index in [2.05, 4.69) is 22.2 Å². The summed E-state index contributed by atoms with van der Waals surface area (Å²) in [6, 6.07) is 18.2. The summed E-state index contributed by atoms with van der Waals surface area (Å²) in [5, 5.41) is 12.1. The van der Waals surface area contributed by atoms with E-state index in [0.717, 1.165) is 11.1 Å². The molecule has 2 aliphatic rings. The summed E-state index contributed by atoms with van der Waals surface area (Å²) < 4.78 is 17.7. The van der Waals surface area contributed by atoms with Crippen LogP contribution < -0.4 is 32.0 Å². The number of amides is 2. The molecule has 4 aromatic rings. The van der Waals surface area contributed by atoms with E-state index in [9.17, 15) is 29.2 Å². The highest BCUT2D eigenvalue weighted by molar-refractivity contribution is 6.00. The number of ketones is 3. The van der Waals surface area contributed by atoms with Crippen molar-refractivity contribution in [2.24, 2.45) is 29.0 Å². The number of nitriles is 1. The lowest BCUT2D eigenvalue weighted by molar-refractivity contribution is -0.142. The fourth-order valence-corrected chi connectivity index (χ4v) is 8.45. The fourth-order valence-electron chi connectivity index (χ4n) is 8.45. The molecule has 0 aliphatic carbocycles. The molecule has 2 amide bonds. The van der Waals surface area contributed by atoms with Gasteiger partial charge >= 0.3 is 0 Å². The van der Waals surface area contributed by atoms with Crippen LogP contribution in [0.4, 0.5) is 0 Å². The molecule has 16 heteroatoms. The topological polar surface area (TPSA) is 256 Å². The lowest BCUT2D eigenvalue weighted by Gasteiger charge is -2.38. The molecule has 0 saturated carbocycles. The molecular weight excluding hydrogens is 841 g/mol. The van der Waals surface area contributed by atoms with E-state index >= 15 is 0 Å². The molecular formula is C50H60N8O8. The van der Waals surface area contributed by atoms with E-state index < -0.39 is 41.5 Å². The Morgan fingerprint density at radius 3 is 2.23 bits per heavy atom. The van der Waals surface area contributed by atoms with Crippen molar-refractivity contribution in [3.05, 3.63) is 94.8 Å². The van der Waals surface area contributed by atoms with Gasteiger partial charge in [-0.25, -0.2) is 9.97 Å². The Morgan fingerprint density at radius 2 is 1.62 bits per heavy atom. The first kappa shape index (κ1) is 49.1. The number of carbonyl (C=O) groups is 5. The van der Waals surface area contributed by atoms with Crippen LogP contribution in [0.25, 0.3) is 22.5 Å². The average molecular weight is 901 g/mol. The minimum Gasteiger partial charge on any atom is -0.492 e. The van der Waals surface area contributed by atoms with Gasteiger partial charge in [0, 0.05) is 86.0 Å². The molecule has 1 aromatic heterocycles. The van der Waals surface area contributed by atoms with Crippen molar-refractivity contribution in [1.29, 1.82) is 5.26 Å². The smallest absolute Gasteiger partial charge is 0.226 e. The number of Topliss-reactive ketones (excluding diaryl/α,β-unsaturated/α-hetero) is 3. The highest BCUT2D eigenvalue weighted by Crippen LogP contribution is 2.41. The van der Waals surface area contributed by atoms with Gasteiger partial charge in [-0.05, 0) is 67.3 Å². The Hall–Kier alpha value is -6.38. The van der Waals surface area contributed by atoms with Gasteiger partial charge in [0.2, 0.25) is 11.8 Å². The monoisotopic (exact) mass is 900 g/mol. The van der Waals surface area contributed by atoms with Gasteiger partial charge in [0.25, 0.3) is 0 Å². The lowest BCUT2D eigenvalue weighted by Crippen LogP contribution is -2.46. The van der Waals surface area contributed by atoms with E-state index in [1.54, 1.807) is 44.2 Å². The van der Waals surface area contributed by atoms with Crippen molar-refractivity contribution in [2.75, 3.05) is 53.1 Å². The van der Waals surface area contributed by atoms with Gasteiger partial charge < -0.3 is 41.6 Å². The second kappa shape index (κ2) is 22.2. The minimum atomic E-state index is -1.24. The lowest BCUT2D eigenvalue weighted by atomic mass is 9.80. The number of nitrogens with one attached hydrogen (secondary N) is 1. The van der Waals surface area contributed by atoms with Crippen molar-refractivity contribution in [2.45, 2.75) is 76.8 Å². The van der Waals surface area contributed by atoms with Crippen LogP contribution in [-0.2, 0) is 35.8 Å². The highest BCUT2D eigenvalue weighted by atomic mass is 16.5. The number of rotatable bonds is 18. The number of aromatic nitrogens is 2. The normalized spacial score (nSPS) is 18.4. The number of nitrogens with two attached hydrogens (primary N) is 3. The molecule has 4 bridgehead atoms. The highest BCUT2D eigenvalue weighted by Gasteiger charge is 2.37. The van der Waals surface area contributed by atoms with Crippen LogP contribution in [0.15, 0.2) is 66.9 Å². The van der Waals surface area contributed by atoms with Crippen LogP contribution in [0.5, 0.6) is 11.5 Å². The van der Waals surface area contributed by atoms with Crippen LogP contribution in [0.1, 0.15) is 84.7 Å². The number of benzene rings is 3. The van der Waals surface area contributed by atoms with E-state index in [1.807, 2.05) is 36.4 Å². The first-order valence-electron chi connectivity index (χ1n) is 22.4. The molecule has 1 fully saturated rings. The van der Waals surface area contributed by atoms with Gasteiger partial charge in [-0.3, -0.25) is 24.0 Å². The van der Waals surface area contributed by atoms with Crippen LogP contribution in [0.3, 0.4) is 0 Å². The van der Waals surface area contributed by atoms with Gasteiger partial charge in [-0.1, -0.05) is 50.2 Å². The first-order valence-corrected chi connectivity index (χ1v) is 22.4. The Morgan fingerprint density at radius 1 is 0.955 bits per heavy atom. The SMILES string of the molecule is Cc1nc(-c2ccc(C3(C)COC3)cc2)ncc1C(=O)C[C@@H](CCN)C(=O)N(C)[C@@H]1C(=O)C[C@@H](C)C(=O)N[C@H](C(=O)CCC#N)Cc2ccc(OCCN)c(c2)-c2cc1ccc2OCCN. The third-order valence-corrected chi connectivity index (χ3v) is 12.3. The number of carbonyl (C=O) groups excluding carboxylic acids is 5. The fraction of sp³-hybridized carbons (Fsp3) is 0.440. The Labute approximate surface area is 385 Å². The number of nitrogens with zero attached hydrogens (tertiary/aromatic N) is 4. The maximum atomic E-state index is 14.8. The van der Waals surface area contributed by atoms with Crippen molar-refractivity contribution in [3.63, 3.8) is 0 Å². The second-order valence-corrected chi connectivity index (χ2v) is 17.4. The first-order chi connectivity index (χ1) is 31.7. The number of hydrogen-bond donors (Lipinski definition) is 4. The van der Waals surface area contributed by atoms with Gasteiger partial charge in [0.15, 0.2) is 23.2 Å².